The zero-order valence-electron chi connectivity index (χ0n) is 12.0. The number of methoxy groups -OCH3 is 3. The summed E-state index contributed by atoms with van der Waals surface area (Å²) in [4.78, 5) is 0. The summed E-state index contributed by atoms with van der Waals surface area (Å²) < 4.78 is 16.4. The molecule has 4 heteroatoms. The van der Waals surface area contributed by atoms with Crippen LogP contribution in [0.3, 0.4) is 0 Å². The second kappa shape index (κ2) is 5.70. The first-order valence-corrected chi connectivity index (χ1v) is 6.74. The zero-order chi connectivity index (χ0) is 13.9. The van der Waals surface area contributed by atoms with E-state index in [1.54, 1.807) is 21.3 Å². The van der Waals surface area contributed by atoms with E-state index in [0.29, 0.717) is 11.5 Å². The van der Waals surface area contributed by atoms with E-state index in [-0.39, 0.29) is 5.54 Å². The van der Waals surface area contributed by atoms with Gasteiger partial charge in [0.15, 0.2) is 11.5 Å². The third kappa shape index (κ3) is 2.50. The highest BCUT2D eigenvalue weighted by atomic mass is 16.5. The maximum Gasteiger partial charge on any atom is 0.169 e. The van der Waals surface area contributed by atoms with Crippen LogP contribution in [0.2, 0.25) is 0 Å². The Morgan fingerprint density at radius 3 is 2.00 bits per heavy atom. The molecule has 1 saturated carbocycles. The summed E-state index contributed by atoms with van der Waals surface area (Å²) in [6.07, 6.45) is 5.42. The Labute approximate surface area is 114 Å². The second-order valence-electron chi connectivity index (χ2n) is 5.10. The predicted octanol–water partition coefficient (Wildman–Crippen LogP) is 2.83. The van der Waals surface area contributed by atoms with Gasteiger partial charge in [-0.3, -0.25) is 0 Å². The highest BCUT2D eigenvalue weighted by Crippen LogP contribution is 2.47. The third-order valence-electron chi connectivity index (χ3n) is 3.97. The van der Waals surface area contributed by atoms with Crippen molar-refractivity contribution in [1.82, 2.24) is 0 Å². The molecule has 1 aromatic rings. The van der Waals surface area contributed by atoms with Crippen LogP contribution in [0, 0.1) is 0 Å². The smallest absolute Gasteiger partial charge is 0.169 e. The van der Waals surface area contributed by atoms with Crippen molar-refractivity contribution in [2.24, 2.45) is 5.73 Å². The van der Waals surface area contributed by atoms with Crippen LogP contribution in [0.25, 0.3) is 0 Å². The lowest BCUT2D eigenvalue weighted by Crippen LogP contribution is -2.39. The second-order valence-corrected chi connectivity index (χ2v) is 5.10. The molecule has 0 saturated heterocycles. The normalized spacial score (nSPS) is 17.9. The van der Waals surface area contributed by atoms with E-state index in [1.165, 1.54) is 6.42 Å². The van der Waals surface area contributed by atoms with Gasteiger partial charge < -0.3 is 19.9 Å². The lowest BCUT2D eigenvalue weighted by atomic mass is 9.76. The maximum absolute atomic E-state index is 6.64. The SMILES string of the molecule is COc1ccc(OC)c(C2(N)CCCCC2)c1OC. The van der Waals surface area contributed by atoms with Crippen LogP contribution in [-0.4, -0.2) is 21.3 Å². The molecule has 1 aliphatic rings. The van der Waals surface area contributed by atoms with Crippen LogP contribution in [0.5, 0.6) is 17.2 Å². The van der Waals surface area contributed by atoms with E-state index in [4.69, 9.17) is 19.9 Å². The van der Waals surface area contributed by atoms with Crippen molar-refractivity contribution < 1.29 is 14.2 Å². The monoisotopic (exact) mass is 265 g/mol. The first-order valence-electron chi connectivity index (χ1n) is 6.74. The molecule has 106 valence electrons. The molecule has 1 aliphatic carbocycles. The number of benzene rings is 1. The van der Waals surface area contributed by atoms with Crippen LogP contribution >= 0.6 is 0 Å². The average molecular weight is 265 g/mol. The van der Waals surface area contributed by atoms with Crippen LogP contribution in [0.15, 0.2) is 12.1 Å². The van der Waals surface area contributed by atoms with Gasteiger partial charge in [-0.2, -0.15) is 0 Å². The molecule has 0 unspecified atom stereocenters. The van der Waals surface area contributed by atoms with Gasteiger partial charge >= 0.3 is 0 Å². The fourth-order valence-corrected chi connectivity index (χ4v) is 2.98. The molecule has 1 aromatic carbocycles. The van der Waals surface area contributed by atoms with Gasteiger partial charge in [0.1, 0.15) is 5.75 Å². The molecule has 0 aliphatic heterocycles. The van der Waals surface area contributed by atoms with Crippen LogP contribution in [-0.2, 0) is 5.54 Å². The van der Waals surface area contributed by atoms with Gasteiger partial charge in [-0.05, 0) is 25.0 Å². The average Bonchev–Trinajstić information content (AvgIpc) is 2.46. The molecule has 1 fully saturated rings. The fourth-order valence-electron chi connectivity index (χ4n) is 2.98. The van der Waals surface area contributed by atoms with Gasteiger partial charge in [0, 0.05) is 5.54 Å². The number of hydrogen-bond acceptors (Lipinski definition) is 4. The molecule has 0 aromatic heterocycles. The first-order chi connectivity index (χ1) is 9.16. The lowest BCUT2D eigenvalue weighted by Gasteiger charge is -2.36. The van der Waals surface area contributed by atoms with E-state index in [2.05, 4.69) is 0 Å². The van der Waals surface area contributed by atoms with Crippen molar-refractivity contribution in [1.29, 1.82) is 0 Å². The van der Waals surface area contributed by atoms with E-state index >= 15 is 0 Å². The Balaban J connectivity index is 2.57. The van der Waals surface area contributed by atoms with Gasteiger partial charge in [-0.25, -0.2) is 0 Å². The zero-order valence-corrected chi connectivity index (χ0v) is 12.0. The molecular weight excluding hydrogens is 242 g/mol. The maximum atomic E-state index is 6.64. The number of ether oxygens (including phenoxy) is 3. The molecule has 2 rings (SSSR count). The summed E-state index contributed by atoms with van der Waals surface area (Å²) in [5, 5.41) is 0. The van der Waals surface area contributed by atoms with E-state index < -0.39 is 0 Å². The van der Waals surface area contributed by atoms with E-state index in [0.717, 1.165) is 37.0 Å². The van der Waals surface area contributed by atoms with E-state index in [1.807, 2.05) is 12.1 Å². The molecule has 0 bridgehead atoms. The number of hydrogen-bond donors (Lipinski definition) is 1. The van der Waals surface area contributed by atoms with Crippen LogP contribution in [0.4, 0.5) is 0 Å². The molecule has 0 spiro atoms. The quantitative estimate of drug-likeness (QED) is 0.909. The van der Waals surface area contributed by atoms with Crippen LogP contribution in [0.1, 0.15) is 37.7 Å². The minimum Gasteiger partial charge on any atom is -0.496 e. The Morgan fingerprint density at radius 2 is 1.47 bits per heavy atom. The highest BCUT2D eigenvalue weighted by molar-refractivity contribution is 5.57. The molecule has 19 heavy (non-hydrogen) atoms. The minimum absolute atomic E-state index is 0.385. The lowest BCUT2D eigenvalue weighted by molar-refractivity contribution is 0.269. The van der Waals surface area contributed by atoms with E-state index in [9.17, 15) is 0 Å². The third-order valence-corrected chi connectivity index (χ3v) is 3.97. The van der Waals surface area contributed by atoms with Crippen molar-refractivity contribution in [3.63, 3.8) is 0 Å². The molecule has 0 atom stereocenters. The standard InChI is InChI=1S/C15H23NO3/c1-17-11-7-8-12(18-2)14(19-3)13(11)15(16)9-5-4-6-10-15/h7-8H,4-6,9-10,16H2,1-3H3. The van der Waals surface area contributed by atoms with Crippen molar-refractivity contribution >= 4 is 0 Å². The molecule has 2 N–H and O–H groups in total. The summed E-state index contributed by atoms with van der Waals surface area (Å²) in [5.41, 5.74) is 7.20. The van der Waals surface area contributed by atoms with Crippen molar-refractivity contribution in [3.05, 3.63) is 17.7 Å². The summed E-state index contributed by atoms with van der Waals surface area (Å²) in [7, 11) is 4.95. The van der Waals surface area contributed by atoms with Gasteiger partial charge in [0.05, 0.1) is 26.9 Å². The largest absolute Gasteiger partial charge is 0.496 e. The first kappa shape index (κ1) is 14.0. The van der Waals surface area contributed by atoms with Gasteiger partial charge in [0.2, 0.25) is 0 Å². The van der Waals surface area contributed by atoms with Crippen molar-refractivity contribution in [3.8, 4) is 17.2 Å². The predicted molar refractivity (Wildman–Crippen MR) is 75.0 cm³/mol. The molecular formula is C15H23NO3. The summed E-state index contributed by atoms with van der Waals surface area (Å²) >= 11 is 0. The molecule has 4 nitrogen and oxygen atoms in total. The van der Waals surface area contributed by atoms with Gasteiger partial charge in [-0.15, -0.1) is 0 Å². The minimum atomic E-state index is -0.385. The molecule has 0 amide bonds. The topological polar surface area (TPSA) is 53.7 Å². The summed E-state index contributed by atoms with van der Waals surface area (Å²) in [6, 6.07) is 3.76. The molecule has 0 heterocycles. The van der Waals surface area contributed by atoms with Crippen LogP contribution < -0.4 is 19.9 Å². The van der Waals surface area contributed by atoms with Gasteiger partial charge in [0.25, 0.3) is 0 Å². The Bertz CT molecular complexity index is 439. The number of rotatable bonds is 4. The Morgan fingerprint density at radius 1 is 0.895 bits per heavy atom. The van der Waals surface area contributed by atoms with Crippen molar-refractivity contribution in [2.75, 3.05) is 21.3 Å². The van der Waals surface area contributed by atoms with Gasteiger partial charge in [-0.1, -0.05) is 19.3 Å². The highest BCUT2D eigenvalue weighted by Gasteiger charge is 2.36. The Hall–Kier alpha value is -1.42. The molecule has 0 radical (unpaired) electrons. The number of nitrogens with two attached hydrogens (primary N) is 1. The summed E-state index contributed by atoms with van der Waals surface area (Å²) in [5.74, 6) is 2.18. The van der Waals surface area contributed by atoms with Crippen molar-refractivity contribution in [2.45, 2.75) is 37.6 Å². The summed E-state index contributed by atoms with van der Waals surface area (Å²) in [6.45, 7) is 0. The fraction of sp³-hybridized carbons (Fsp3) is 0.600. The Kier molecular flexibility index (Phi) is 4.20.